The van der Waals surface area contributed by atoms with Crippen molar-refractivity contribution in [3.63, 3.8) is 0 Å². The summed E-state index contributed by atoms with van der Waals surface area (Å²) >= 11 is 0. The number of rotatable bonds is 12. The van der Waals surface area contributed by atoms with Crippen LogP contribution in [0.4, 0.5) is 5.82 Å². The highest BCUT2D eigenvalue weighted by molar-refractivity contribution is 5.82. The number of nitrogens with one attached hydrogen (secondary N) is 1. The monoisotopic (exact) mass is 582 g/mol. The Morgan fingerprint density at radius 3 is 2.52 bits per heavy atom. The highest BCUT2D eigenvalue weighted by Gasteiger charge is 2.46. The molecule has 2 aromatic heterocycles. The van der Waals surface area contributed by atoms with Crippen LogP contribution in [0.15, 0.2) is 30.9 Å². The second-order valence-corrected chi connectivity index (χ2v) is 11.9. The van der Waals surface area contributed by atoms with Gasteiger partial charge in [0.25, 0.3) is 0 Å². The van der Waals surface area contributed by atoms with E-state index < -0.39 is 24.2 Å². The van der Waals surface area contributed by atoms with Crippen LogP contribution in [0.5, 0.6) is 11.5 Å². The molecule has 5 rings (SSSR count). The van der Waals surface area contributed by atoms with Crippen LogP contribution in [0, 0.1) is 17.8 Å². The van der Waals surface area contributed by atoms with E-state index in [4.69, 9.17) is 9.47 Å². The van der Waals surface area contributed by atoms with E-state index in [1.165, 1.54) is 6.33 Å². The van der Waals surface area contributed by atoms with E-state index in [0.29, 0.717) is 48.0 Å². The van der Waals surface area contributed by atoms with E-state index in [9.17, 15) is 20.1 Å². The zero-order valence-electron chi connectivity index (χ0n) is 24.8. The fourth-order valence-corrected chi connectivity index (χ4v) is 6.52. The molecule has 12 nitrogen and oxygen atoms in total. The van der Waals surface area contributed by atoms with Crippen molar-refractivity contribution in [3.8, 4) is 11.5 Å². The van der Waals surface area contributed by atoms with Crippen LogP contribution >= 0.6 is 0 Å². The number of carboxylic acid groups (broad SMARTS) is 1. The molecule has 228 valence electrons. The van der Waals surface area contributed by atoms with E-state index in [-0.39, 0.29) is 29.8 Å². The molecule has 42 heavy (non-hydrogen) atoms. The Morgan fingerprint density at radius 1 is 1.10 bits per heavy atom. The standard InChI is InChI=1S/C30H42N6O6/c1-16(2)35(21-8-19(9-21)17(3)30(39)40)13-20-10-23(27(38)26(20)37)36-15-34-25-28(32-14-33-29(25)36)31-12-18-6-7-22(41-4)11-24(18)42-5/h6-7,11,14-17,19-21,23,26-27,37-38H,8-10,12-13H2,1-5H3,(H,39,40)(H,31,32,33)/t17?,19?,20-,21?,23-,26-,27+/m1/s1. The lowest BCUT2D eigenvalue weighted by Gasteiger charge is -2.47. The molecule has 5 atom stereocenters. The molecule has 0 saturated heterocycles. The van der Waals surface area contributed by atoms with Crippen LogP contribution in [-0.4, -0.2) is 90.8 Å². The van der Waals surface area contributed by atoms with Crippen molar-refractivity contribution in [1.82, 2.24) is 24.4 Å². The Bertz CT molecular complexity index is 1390. The first-order chi connectivity index (χ1) is 20.1. The van der Waals surface area contributed by atoms with Crippen molar-refractivity contribution >= 4 is 23.0 Å². The molecule has 0 radical (unpaired) electrons. The normalized spacial score (nSPS) is 26.4. The van der Waals surface area contributed by atoms with E-state index in [0.717, 1.165) is 18.4 Å². The van der Waals surface area contributed by atoms with Crippen molar-refractivity contribution in [2.24, 2.45) is 17.8 Å². The first kappa shape index (κ1) is 30.0. The fraction of sp³-hybridized carbons (Fsp3) is 0.600. The number of hydrogen-bond donors (Lipinski definition) is 4. The summed E-state index contributed by atoms with van der Waals surface area (Å²) in [5.74, 6) is 0.873. The number of imidazole rings is 1. The molecule has 3 aromatic rings. The van der Waals surface area contributed by atoms with E-state index in [1.54, 1.807) is 27.5 Å². The number of anilines is 1. The first-order valence-corrected chi connectivity index (χ1v) is 14.6. The highest BCUT2D eigenvalue weighted by atomic mass is 16.5. The number of aliphatic carboxylic acids is 1. The number of carboxylic acids is 1. The lowest BCUT2D eigenvalue weighted by molar-refractivity contribution is -0.145. The predicted molar refractivity (Wildman–Crippen MR) is 157 cm³/mol. The fourth-order valence-electron chi connectivity index (χ4n) is 6.52. The van der Waals surface area contributed by atoms with Crippen LogP contribution in [-0.2, 0) is 11.3 Å². The molecule has 12 heteroatoms. The van der Waals surface area contributed by atoms with Crippen molar-refractivity contribution in [2.75, 3.05) is 26.1 Å². The summed E-state index contributed by atoms with van der Waals surface area (Å²) in [7, 11) is 3.22. The van der Waals surface area contributed by atoms with Crippen molar-refractivity contribution in [3.05, 3.63) is 36.4 Å². The van der Waals surface area contributed by atoms with Crippen LogP contribution in [0.3, 0.4) is 0 Å². The molecule has 2 aliphatic carbocycles. The summed E-state index contributed by atoms with van der Waals surface area (Å²) in [6.45, 7) is 7.10. The van der Waals surface area contributed by atoms with Gasteiger partial charge >= 0.3 is 5.97 Å². The number of aliphatic hydroxyl groups is 2. The summed E-state index contributed by atoms with van der Waals surface area (Å²) < 4.78 is 12.6. The zero-order valence-corrected chi connectivity index (χ0v) is 24.8. The average molecular weight is 583 g/mol. The highest BCUT2D eigenvalue weighted by Crippen LogP contribution is 2.42. The summed E-state index contributed by atoms with van der Waals surface area (Å²) in [5, 5.41) is 35.0. The summed E-state index contributed by atoms with van der Waals surface area (Å²) in [6, 6.07) is 5.74. The Hall–Kier alpha value is -3.48. The zero-order chi connectivity index (χ0) is 30.1. The van der Waals surface area contributed by atoms with Gasteiger partial charge in [-0.05, 0) is 51.2 Å². The van der Waals surface area contributed by atoms with Crippen LogP contribution in [0.2, 0.25) is 0 Å². The number of aromatic nitrogens is 4. The number of carbonyl (C=O) groups is 1. The SMILES string of the molecule is COc1ccc(CNc2ncnc3c2ncn3[C@@H]2C[C@H](CN(C(C)C)C3CC(C(C)C(=O)O)C3)[C@@H](O)[C@H]2O)c(OC)c1. The Morgan fingerprint density at radius 2 is 1.86 bits per heavy atom. The molecule has 4 N–H and O–H groups in total. The van der Waals surface area contributed by atoms with Gasteiger partial charge in [-0.15, -0.1) is 0 Å². The van der Waals surface area contributed by atoms with Gasteiger partial charge in [0.05, 0.1) is 38.6 Å². The molecule has 1 unspecified atom stereocenters. The summed E-state index contributed by atoms with van der Waals surface area (Å²) in [6.07, 6.45) is 3.49. The number of methoxy groups -OCH3 is 2. The molecule has 0 aliphatic heterocycles. The van der Waals surface area contributed by atoms with E-state index in [2.05, 4.69) is 39.0 Å². The average Bonchev–Trinajstić information content (AvgIpc) is 3.50. The van der Waals surface area contributed by atoms with Crippen molar-refractivity contribution in [1.29, 1.82) is 0 Å². The molecule has 2 saturated carbocycles. The number of nitrogens with zero attached hydrogens (tertiary/aromatic N) is 5. The minimum Gasteiger partial charge on any atom is -0.497 e. The van der Waals surface area contributed by atoms with Gasteiger partial charge in [0.2, 0.25) is 0 Å². The maximum atomic E-state index is 11.4. The first-order valence-electron chi connectivity index (χ1n) is 14.6. The molecule has 1 aromatic carbocycles. The molecule has 2 aliphatic rings. The topological polar surface area (TPSA) is 155 Å². The van der Waals surface area contributed by atoms with Crippen molar-refractivity contribution in [2.45, 2.75) is 76.9 Å². The molecule has 0 spiro atoms. The number of fused-ring (bicyclic) bond motifs is 1. The third-order valence-corrected chi connectivity index (χ3v) is 9.25. The second-order valence-electron chi connectivity index (χ2n) is 11.9. The predicted octanol–water partition coefficient (Wildman–Crippen LogP) is 2.95. The molecular weight excluding hydrogens is 540 g/mol. The summed E-state index contributed by atoms with van der Waals surface area (Å²) in [4.78, 5) is 27.2. The molecule has 0 bridgehead atoms. The molecular formula is C30H42N6O6. The van der Waals surface area contributed by atoms with Gasteiger partial charge in [-0.25, -0.2) is 15.0 Å². The smallest absolute Gasteiger partial charge is 0.306 e. The second kappa shape index (κ2) is 12.4. The minimum atomic E-state index is -0.975. The lowest BCUT2D eigenvalue weighted by Crippen LogP contribution is -2.52. The molecule has 0 amide bonds. The van der Waals surface area contributed by atoms with E-state index >= 15 is 0 Å². The largest absolute Gasteiger partial charge is 0.497 e. The van der Waals surface area contributed by atoms with Crippen LogP contribution in [0.25, 0.3) is 11.2 Å². The van der Waals surface area contributed by atoms with Gasteiger partial charge < -0.3 is 34.7 Å². The third-order valence-electron chi connectivity index (χ3n) is 9.25. The Labute approximate surface area is 245 Å². The van der Waals surface area contributed by atoms with Gasteiger partial charge in [0.1, 0.15) is 29.4 Å². The number of hydrogen-bond acceptors (Lipinski definition) is 10. The number of ether oxygens (including phenoxy) is 2. The molecule has 2 heterocycles. The van der Waals surface area contributed by atoms with Gasteiger partial charge in [-0.1, -0.05) is 6.92 Å². The maximum Gasteiger partial charge on any atom is 0.306 e. The van der Waals surface area contributed by atoms with E-state index in [1.807, 2.05) is 22.8 Å². The van der Waals surface area contributed by atoms with Gasteiger partial charge in [0.15, 0.2) is 11.5 Å². The van der Waals surface area contributed by atoms with Crippen molar-refractivity contribution < 1.29 is 29.6 Å². The number of aliphatic hydroxyl groups excluding tert-OH is 2. The Balaban J connectivity index is 1.29. The van der Waals surface area contributed by atoms with Crippen LogP contribution < -0.4 is 14.8 Å². The summed E-state index contributed by atoms with van der Waals surface area (Å²) in [5.41, 5.74) is 2.08. The lowest BCUT2D eigenvalue weighted by atomic mass is 9.72. The Kier molecular flexibility index (Phi) is 8.86. The third kappa shape index (κ3) is 5.75. The van der Waals surface area contributed by atoms with Gasteiger partial charge in [-0.3, -0.25) is 9.69 Å². The molecule has 2 fully saturated rings. The quantitative estimate of drug-likeness (QED) is 0.249. The van der Waals surface area contributed by atoms with Gasteiger partial charge in [0, 0.05) is 42.7 Å². The van der Waals surface area contributed by atoms with Gasteiger partial charge in [-0.2, -0.15) is 0 Å². The maximum absolute atomic E-state index is 11.4. The minimum absolute atomic E-state index is 0.150. The van der Waals surface area contributed by atoms with Crippen LogP contribution in [0.1, 0.15) is 51.6 Å². The number of benzene rings is 1.